The van der Waals surface area contributed by atoms with Crippen LogP contribution in [0.3, 0.4) is 0 Å². The van der Waals surface area contributed by atoms with E-state index in [4.69, 9.17) is 9.73 Å². The predicted molar refractivity (Wildman–Crippen MR) is 99.2 cm³/mol. The summed E-state index contributed by atoms with van der Waals surface area (Å²) in [6.07, 6.45) is 0. The van der Waals surface area contributed by atoms with Crippen LogP contribution in [0.2, 0.25) is 0 Å². The highest BCUT2D eigenvalue weighted by Gasteiger charge is 2.24. The van der Waals surface area contributed by atoms with Crippen LogP contribution in [0.25, 0.3) is 0 Å². The Morgan fingerprint density at radius 2 is 1.48 bits per heavy atom. The first-order chi connectivity index (χ1) is 12.3. The summed E-state index contributed by atoms with van der Waals surface area (Å²) < 4.78 is 18.8. The molecule has 3 aromatic carbocycles. The van der Waals surface area contributed by atoms with Gasteiger partial charge in [-0.25, -0.2) is 9.20 Å². The van der Waals surface area contributed by atoms with Gasteiger partial charge in [-0.1, -0.05) is 60.7 Å². The van der Waals surface area contributed by atoms with Gasteiger partial charge in [-0.2, -0.15) is 0 Å². The summed E-state index contributed by atoms with van der Waals surface area (Å²) in [6, 6.07) is 27.1. The van der Waals surface area contributed by atoms with Crippen LogP contribution in [0.15, 0.2) is 99.7 Å². The van der Waals surface area contributed by atoms with Crippen LogP contribution < -0.4 is 0 Å². The molecule has 0 saturated carbocycles. The Morgan fingerprint density at radius 1 is 0.840 bits per heavy atom. The van der Waals surface area contributed by atoms with Gasteiger partial charge in [0.15, 0.2) is 0 Å². The fourth-order valence-corrected chi connectivity index (χ4v) is 4.06. The normalized spacial score (nSPS) is 17.6. The minimum absolute atomic E-state index is 0.0191. The summed E-state index contributed by atoms with van der Waals surface area (Å²) in [4.78, 5) is 6.22. The molecule has 1 aliphatic heterocycles. The lowest BCUT2D eigenvalue weighted by atomic mass is 10.1. The number of hydrogen-bond acceptors (Lipinski definition) is 3. The molecule has 124 valence electrons. The highest BCUT2D eigenvalue weighted by molar-refractivity contribution is 7.85. The molecular weight excluding hydrogens is 330 g/mol. The predicted octanol–water partition coefficient (Wildman–Crippen LogP) is 4.37. The van der Waals surface area contributed by atoms with Crippen LogP contribution in [0.5, 0.6) is 0 Å². The van der Waals surface area contributed by atoms with Gasteiger partial charge >= 0.3 is 0 Å². The lowest BCUT2D eigenvalue weighted by Crippen LogP contribution is -2.07. The second-order valence-corrected chi connectivity index (χ2v) is 7.20. The van der Waals surface area contributed by atoms with Gasteiger partial charge in [0, 0.05) is 4.90 Å². The molecule has 1 aliphatic rings. The van der Waals surface area contributed by atoms with Crippen molar-refractivity contribution in [1.29, 1.82) is 0 Å². The lowest BCUT2D eigenvalue weighted by Gasteiger charge is -2.09. The van der Waals surface area contributed by atoms with E-state index in [1.165, 1.54) is 0 Å². The molecule has 0 aromatic heterocycles. The van der Waals surface area contributed by atoms with Crippen molar-refractivity contribution in [2.24, 2.45) is 4.99 Å². The zero-order valence-corrected chi connectivity index (χ0v) is 14.4. The highest BCUT2D eigenvalue weighted by Crippen LogP contribution is 2.28. The summed E-state index contributed by atoms with van der Waals surface area (Å²) in [5.41, 5.74) is 1.92. The highest BCUT2D eigenvalue weighted by atomic mass is 32.2. The molecule has 0 fully saturated rings. The van der Waals surface area contributed by atoms with Crippen molar-refractivity contribution in [1.82, 2.24) is 0 Å². The summed E-state index contributed by atoms with van der Waals surface area (Å²) in [7, 11) is -1.27. The van der Waals surface area contributed by atoms with E-state index in [9.17, 15) is 4.21 Å². The average Bonchev–Trinajstić information content (AvgIpc) is 3.19. The van der Waals surface area contributed by atoms with E-state index in [2.05, 4.69) is 12.1 Å². The smallest absolute Gasteiger partial charge is 0.218 e. The first-order valence-corrected chi connectivity index (χ1v) is 9.29. The van der Waals surface area contributed by atoms with Crippen LogP contribution in [0.4, 0.5) is 0 Å². The molecule has 0 amide bonds. The van der Waals surface area contributed by atoms with E-state index in [0.29, 0.717) is 12.5 Å². The van der Waals surface area contributed by atoms with Crippen molar-refractivity contribution in [3.63, 3.8) is 0 Å². The molecule has 3 aromatic rings. The summed E-state index contributed by atoms with van der Waals surface area (Å²) in [5.74, 6) is 0.564. The zero-order chi connectivity index (χ0) is 17.1. The van der Waals surface area contributed by atoms with Gasteiger partial charge in [0.1, 0.15) is 12.6 Å². The molecule has 1 unspecified atom stereocenters. The molecule has 25 heavy (non-hydrogen) atoms. The SMILES string of the molecule is O=S(c1ccccc1)c1ccccc1C1=N[C@@H](c2ccccc2)CO1. The number of hydrogen-bond donors (Lipinski definition) is 0. The van der Waals surface area contributed by atoms with Crippen molar-refractivity contribution in [2.75, 3.05) is 6.61 Å². The van der Waals surface area contributed by atoms with Gasteiger partial charge in [0.25, 0.3) is 0 Å². The Morgan fingerprint density at radius 3 is 2.24 bits per heavy atom. The van der Waals surface area contributed by atoms with Crippen molar-refractivity contribution < 1.29 is 8.95 Å². The van der Waals surface area contributed by atoms with Gasteiger partial charge in [0.05, 0.1) is 21.3 Å². The van der Waals surface area contributed by atoms with E-state index in [0.717, 1.165) is 20.9 Å². The van der Waals surface area contributed by atoms with Gasteiger partial charge in [-0.15, -0.1) is 0 Å². The van der Waals surface area contributed by atoms with E-state index in [-0.39, 0.29) is 6.04 Å². The average molecular weight is 347 g/mol. The largest absolute Gasteiger partial charge is 0.475 e. The van der Waals surface area contributed by atoms with Gasteiger partial charge in [-0.05, 0) is 29.8 Å². The second kappa shape index (κ2) is 7.03. The third-order valence-electron chi connectivity index (χ3n) is 4.11. The number of benzene rings is 3. The molecule has 0 saturated heterocycles. The first kappa shape index (κ1) is 15.8. The fraction of sp³-hybridized carbons (Fsp3) is 0.0952. The molecule has 0 spiro atoms. The fourth-order valence-electron chi connectivity index (χ4n) is 2.84. The molecule has 0 N–H and O–H groups in total. The minimum atomic E-state index is -1.27. The first-order valence-electron chi connectivity index (χ1n) is 8.15. The van der Waals surface area contributed by atoms with E-state index < -0.39 is 10.8 Å². The van der Waals surface area contributed by atoms with Crippen molar-refractivity contribution in [2.45, 2.75) is 15.8 Å². The molecule has 0 radical (unpaired) electrons. The van der Waals surface area contributed by atoms with Crippen molar-refractivity contribution in [3.05, 3.63) is 96.1 Å². The number of aliphatic imine (C=N–C) groups is 1. The van der Waals surface area contributed by atoms with Crippen LogP contribution in [-0.4, -0.2) is 16.7 Å². The molecule has 0 aliphatic carbocycles. The molecule has 3 nitrogen and oxygen atoms in total. The maximum Gasteiger partial charge on any atom is 0.218 e. The van der Waals surface area contributed by atoms with Crippen LogP contribution >= 0.6 is 0 Å². The molecule has 4 heteroatoms. The minimum Gasteiger partial charge on any atom is -0.475 e. The van der Waals surface area contributed by atoms with Crippen molar-refractivity contribution >= 4 is 16.7 Å². The zero-order valence-electron chi connectivity index (χ0n) is 13.5. The van der Waals surface area contributed by atoms with Crippen LogP contribution in [-0.2, 0) is 15.5 Å². The topological polar surface area (TPSA) is 38.7 Å². The van der Waals surface area contributed by atoms with E-state index in [1.807, 2.05) is 72.8 Å². The Balaban J connectivity index is 1.69. The monoisotopic (exact) mass is 347 g/mol. The maximum atomic E-state index is 13.0. The molecule has 1 heterocycles. The molecule has 4 rings (SSSR count). The van der Waals surface area contributed by atoms with Gasteiger partial charge in [-0.3, -0.25) is 0 Å². The Hall–Kier alpha value is -2.72. The number of nitrogens with zero attached hydrogens (tertiary/aromatic N) is 1. The summed E-state index contributed by atoms with van der Waals surface area (Å²) in [6.45, 7) is 0.506. The number of rotatable bonds is 4. The van der Waals surface area contributed by atoms with E-state index >= 15 is 0 Å². The third-order valence-corrected chi connectivity index (χ3v) is 5.57. The molecular formula is C21H17NO2S. The Bertz CT molecular complexity index is 923. The molecule has 0 bridgehead atoms. The Labute approximate surface area is 149 Å². The Kier molecular flexibility index (Phi) is 4.44. The van der Waals surface area contributed by atoms with Crippen LogP contribution in [0.1, 0.15) is 17.2 Å². The number of ether oxygens (including phenoxy) is 1. The van der Waals surface area contributed by atoms with Gasteiger partial charge in [0.2, 0.25) is 5.90 Å². The lowest BCUT2D eigenvalue weighted by molar-refractivity contribution is 0.319. The third kappa shape index (κ3) is 3.26. The summed E-state index contributed by atoms with van der Waals surface area (Å²) >= 11 is 0. The molecule has 2 atom stereocenters. The van der Waals surface area contributed by atoms with E-state index in [1.54, 1.807) is 0 Å². The standard InChI is InChI=1S/C21H17NO2S/c23-25(17-11-5-2-6-12-17)20-14-8-7-13-18(20)21-22-19(15-24-21)16-9-3-1-4-10-16/h1-14,19H,15H2/t19-,25?/m1/s1. The second-order valence-electron chi connectivity index (χ2n) is 5.75. The van der Waals surface area contributed by atoms with Crippen molar-refractivity contribution in [3.8, 4) is 0 Å². The summed E-state index contributed by atoms with van der Waals surface area (Å²) in [5, 5.41) is 0. The quantitative estimate of drug-likeness (QED) is 0.703. The maximum absolute atomic E-state index is 13.0. The van der Waals surface area contributed by atoms with Gasteiger partial charge < -0.3 is 4.74 Å². The van der Waals surface area contributed by atoms with Crippen LogP contribution in [0, 0.1) is 0 Å².